The van der Waals surface area contributed by atoms with E-state index in [1.54, 1.807) is 11.3 Å². The highest BCUT2D eigenvalue weighted by Gasteiger charge is 2.28. The number of anilines is 1. The molecule has 4 rings (SSSR count). The van der Waals surface area contributed by atoms with Gasteiger partial charge in [-0.1, -0.05) is 29.8 Å². The Labute approximate surface area is 144 Å². The maximum absolute atomic E-state index is 11.7. The predicted octanol–water partition coefficient (Wildman–Crippen LogP) is 3.27. The molecule has 1 saturated heterocycles. The number of sulfone groups is 1. The molecule has 1 N–H and O–H groups in total. The Morgan fingerprint density at radius 2 is 2.00 bits per heavy atom. The van der Waals surface area contributed by atoms with Gasteiger partial charge < -0.3 is 5.32 Å². The Kier molecular flexibility index (Phi) is 3.77. The summed E-state index contributed by atoms with van der Waals surface area (Å²) < 4.78 is 23.4. The summed E-state index contributed by atoms with van der Waals surface area (Å²) in [5, 5.41) is 6.38. The SMILES string of the molecule is Cc1ccc(-c2csc3ncnc(N[C@H]4CCS(=O)(=O)C4)c23)cc1. The molecular formula is C17H17N3O2S2. The molecule has 0 aliphatic carbocycles. The van der Waals surface area contributed by atoms with Crippen molar-refractivity contribution in [2.45, 2.75) is 19.4 Å². The smallest absolute Gasteiger partial charge is 0.152 e. The van der Waals surface area contributed by atoms with Crippen molar-refractivity contribution in [3.8, 4) is 11.1 Å². The molecule has 124 valence electrons. The first kappa shape index (κ1) is 15.5. The van der Waals surface area contributed by atoms with E-state index in [2.05, 4.69) is 51.9 Å². The van der Waals surface area contributed by atoms with E-state index in [0.717, 1.165) is 27.2 Å². The number of aromatic nitrogens is 2. The second-order valence-corrected chi connectivity index (χ2v) is 9.25. The molecule has 1 fully saturated rings. The van der Waals surface area contributed by atoms with E-state index in [9.17, 15) is 8.42 Å². The van der Waals surface area contributed by atoms with Gasteiger partial charge in [-0.15, -0.1) is 11.3 Å². The fourth-order valence-electron chi connectivity index (χ4n) is 3.03. The number of hydrogen-bond donors (Lipinski definition) is 1. The molecule has 0 bridgehead atoms. The maximum Gasteiger partial charge on any atom is 0.152 e. The first-order valence-electron chi connectivity index (χ1n) is 7.78. The lowest BCUT2D eigenvalue weighted by molar-refractivity contribution is 0.602. The van der Waals surface area contributed by atoms with Crippen molar-refractivity contribution in [3.05, 3.63) is 41.5 Å². The number of thiophene rings is 1. The average Bonchev–Trinajstić information content (AvgIpc) is 3.12. The lowest BCUT2D eigenvalue weighted by Crippen LogP contribution is -2.21. The van der Waals surface area contributed by atoms with Gasteiger partial charge in [0.2, 0.25) is 0 Å². The molecule has 1 aliphatic heterocycles. The molecule has 3 heterocycles. The third-order valence-electron chi connectivity index (χ3n) is 4.31. The minimum absolute atomic E-state index is 0.0844. The van der Waals surface area contributed by atoms with Crippen molar-refractivity contribution in [2.75, 3.05) is 16.8 Å². The zero-order chi connectivity index (χ0) is 16.7. The van der Waals surface area contributed by atoms with E-state index in [-0.39, 0.29) is 17.5 Å². The van der Waals surface area contributed by atoms with Gasteiger partial charge in [-0.3, -0.25) is 0 Å². The number of rotatable bonds is 3. The van der Waals surface area contributed by atoms with E-state index in [1.165, 1.54) is 11.9 Å². The first-order chi connectivity index (χ1) is 11.5. The second kappa shape index (κ2) is 5.82. The van der Waals surface area contributed by atoms with E-state index in [0.29, 0.717) is 6.42 Å². The van der Waals surface area contributed by atoms with Crippen molar-refractivity contribution in [2.24, 2.45) is 0 Å². The Balaban J connectivity index is 1.76. The summed E-state index contributed by atoms with van der Waals surface area (Å²) >= 11 is 1.58. The van der Waals surface area contributed by atoms with Crippen LogP contribution in [0.15, 0.2) is 36.0 Å². The Bertz CT molecular complexity index is 994. The standard InChI is InChI=1S/C17H17N3O2S2/c1-11-2-4-12(5-3-11)14-8-23-17-15(14)16(18-10-19-17)20-13-6-7-24(21,22)9-13/h2-5,8,10,13H,6-7,9H2,1H3,(H,18,19,20)/t13-/m0/s1. The van der Waals surface area contributed by atoms with Gasteiger partial charge in [-0.05, 0) is 18.9 Å². The fourth-order valence-corrected chi connectivity index (χ4v) is 5.62. The minimum Gasteiger partial charge on any atom is -0.366 e. The van der Waals surface area contributed by atoms with Crippen molar-refractivity contribution in [1.29, 1.82) is 0 Å². The molecule has 5 nitrogen and oxygen atoms in total. The van der Waals surface area contributed by atoms with Gasteiger partial charge in [0.25, 0.3) is 0 Å². The summed E-state index contributed by atoms with van der Waals surface area (Å²) in [7, 11) is -2.93. The summed E-state index contributed by atoms with van der Waals surface area (Å²) in [6, 6.07) is 8.26. The number of nitrogens with one attached hydrogen (secondary N) is 1. The monoisotopic (exact) mass is 359 g/mol. The summed E-state index contributed by atoms with van der Waals surface area (Å²) in [5.74, 6) is 1.13. The van der Waals surface area contributed by atoms with Crippen LogP contribution < -0.4 is 5.32 Å². The van der Waals surface area contributed by atoms with E-state index in [4.69, 9.17) is 0 Å². The topological polar surface area (TPSA) is 72.0 Å². The van der Waals surface area contributed by atoms with Crippen LogP contribution in [-0.4, -0.2) is 35.9 Å². The van der Waals surface area contributed by atoms with Crippen LogP contribution >= 0.6 is 11.3 Å². The van der Waals surface area contributed by atoms with Gasteiger partial charge in [-0.25, -0.2) is 18.4 Å². The molecular weight excluding hydrogens is 342 g/mol. The van der Waals surface area contributed by atoms with Crippen LogP contribution in [0.3, 0.4) is 0 Å². The van der Waals surface area contributed by atoms with Crippen molar-refractivity contribution in [1.82, 2.24) is 9.97 Å². The minimum atomic E-state index is -2.93. The summed E-state index contributed by atoms with van der Waals surface area (Å²) in [4.78, 5) is 9.65. The molecule has 0 spiro atoms. The molecule has 2 aromatic heterocycles. The van der Waals surface area contributed by atoms with Crippen LogP contribution in [0.4, 0.5) is 5.82 Å². The highest BCUT2D eigenvalue weighted by Crippen LogP contribution is 2.37. The summed E-state index contributed by atoms with van der Waals surface area (Å²) in [6.07, 6.45) is 2.15. The summed E-state index contributed by atoms with van der Waals surface area (Å²) in [5.41, 5.74) is 3.41. The number of hydrogen-bond acceptors (Lipinski definition) is 6. The van der Waals surface area contributed by atoms with Crippen LogP contribution in [0.5, 0.6) is 0 Å². The zero-order valence-electron chi connectivity index (χ0n) is 13.2. The normalized spacial score (nSPS) is 19.6. The summed E-state index contributed by atoms with van der Waals surface area (Å²) in [6.45, 7) is 2.06. The number of benzene rings is 1. The van der Waals surface area contributed by atoms with Gasteiger partial charge in [0.1, 0.15) is 17.0 Å². The second-order valence-electron chi connectivity index (χ2n) is 6.16. The number of aryl methyl sites for hydroxylation is 1. The van der Waals surface area contributed by atoms with Crippen molar-refractivity contribution in [3.63, 3.8) is 0 Å². The highest BCUT2D eigenvalue weighted by atomic mass is 32.2. The Hall–Kier alpha value is -1.99. The van der Waals surface area contributed by atoms with Crippen molar-refractivity contribution >= 4 is 37.2 Å². The molecule has 0 saturated carbocycles. The predicted molar refractivity (Wildman–Crippen MR) is 98.3 cm³/mol. The van der Waals surface area contributed by atoms with Gasteiger partial charge in [0.05, 0.1) is 16.9 Å². The highest BCUT2D eigenvalue weighted by molar-refractivity contribution is 7.91. The fraction of sp³-hybridized carbons (Fsp3) is 0.294. The van der Waals surface area contributed by atoms with Crippen LogP contribution in [0, 0.1) is 6.92 Å². The maximum atomic E-state index is 11.7. The lowest BCUT2D eigenvalue weighted by atomic mass is 10.0. The quantitative estimate of drug-likeness (QED) is 0.777. The van der Waals surface area contributed by atoms with Gasteiger partial charge in [0.15, 0.2) is 9.84 Å². The molecule has 0 radical (unpaired) electrons. The van der Waals surface area contributed by atoms with E-state index >= 15 is 0 Å². The first-order valence-corrected chi connectivity index (χ1v) is 10.5. The molecule has 1 aliphatic rings. The van der Waals surface area contributed by atoms with Crippen LogP contribution in [-0.2, 0) is 9.84 Å². The van der Waals surface area contributed by atoms with Crippen LogP contribution in [0.2, 0.25) is 0 Å². The Morgan fingerprint density at radius 1 is 1.21 bits per heavy atom. The number of fused-ring (bicyclic) bond motifs is 1. The molecule has 0 unspecified atom stereocenters. The van der Waals surface area contributed by atoms with E-state index in [1.807, 2.05) is 0 Å². The number of nitrogens with zero attached hydrogens (tertiary/aromatic N) is 2. The molecule has 3 aromatic rings. The van der Waals surface area contributed by atoms with Gasteiger partial charge in [-0.2, -0.15) is 0 Å². The van der Waals surface area contributed by atoms with Crippen LogP contribution in [0.25, 0.3) is 21.3 Å². The molecule has 1 atom stereocenters. The largest absolute Gasteiger partial charge is 0.366 e. The molecule has 7 heteroatoms. The third kappa shape index (κ3) is 2.89. The zero-order valence-corrected chi connectivity index (χ0v) is 14.8. The molecule has 24 heavy (non-hydrogen) atoms. The van der Waals surface area contributed by atoms with Crippen LogP contribution in [0.1, 0.15) is 12.0 Å². The van der Waals surface area contributed by atoms with E-state index < -0.39 is 9.84 Å². The van der Waals surface area contributed by atoms with Gasteiger partial charge >= 0.3 is 0 Å². The third-order valence-corrected chi connectivity index (χ3v) is 6.96. The molecule has 1 aromatic carbocycles. The van der Waals surface area contributed by atoms with Gasteiger partial charge in [0, 0.05) is 17.0 Å². The molecule has 0 amide bonds. The Morgan fingerprint density at radius 3 is 2.71 bits per heavy atom. The average molecular weight is 359 g/mol. The van der Waals surface area contributed by atoms with Crippen molar-refractivity contribution < 1.29 is 8.42 Å². The lowest BCUT2D eigenvalue weighted by Gasteiger charge is -2.13.